The maximum absolute atomic E-state index is 4.05. The Morgan fingerprint density at radius 1 is 1.40 bits per heavy atom. The van der Waals surface area contributed by atoms with E-state index >= 15 is 0 Å². The fraction of sp³-hybridized carbons (Fsp3) is 0.750. The van der Waals surface area contributed by atoms with Gasteiger partial charge in [0.05, 0.1) is 0 Å². The molecule has 2 heterocycles. The predicted molar refractivity (Wildman–Crippen MR) is 59.7 cm³/mol. The highest BCUT2D eigenvalue weighted by Crippen LogP contribution is 2.32. The van der Waals surface area contributed by atoms with Gasteiger partial charge >= 0.3 is 0 Å². The van der Waals surface area contributed by atoms with Crippen molar-refractivity contribution < 1.29 is 0 Å². The maximum atomic E-state index is 4.05. The molecule has 3 heteroatoms. The monoisotopic (exact) mass is 205 g/mol. The molecule has 1 saturated heterocycles. The molecule has 1 atom stereocenters. The molecule has 3 nitrogen and oxygen atoms in total. The summed E-state index contributed by atoms with van der Waals surface area (Å²) in [5, 5.41) is 7.17. The van der Waals surface area contributed by atoms with Gasteiger partial charge in [0.1, 0.15) is 0 Å². The van der Waals surface area contributed by atoms with Gasteiger partial charge in [-0.05, 0) is 44.2 Å². The van der Waals surface area contributed by atoms with Crippen molar-refractivity contribution in [3.05, 3.63) is 18.0 Å². The minimum Gasteiger partial charge on any atom is -0.302 e. The Hall–Kier alpha value is -0.830. The first-order valence-electron chi connectivity index (χ1n) is 6.13. The van der Waals surface area contributed by atoms with Crippen LogP contribution in [-0.4, -0.2) is 34.7 Å². The molecule has 0 amide bonds. The molecule has 0 spiro atoms. The first kappa shape index (κ1) is 9.40. The molecule has 0 unspecified atom stereocenters. The van der Waals surface area contributed by atoms with E-state index in [0.29, 0.717) is 5.92 Å². The van der Waals surface area contributed by atoms with Crippen LogP contribution in [0.4, 0.5) is 0 Å². The van der Waals surface area contributed by atoms with Crippen LogP contribution in [0.15, 0.2) is 12.3 Å². The summed E-state index contributed by atoms with van der Waals surface area (Å²) in [6.45, 7) is 3.88. The third-order valence-corrected chi connectivity index (χ3v) is 3.68. The van der Waals surface area contributed by atoms with Crippen LogP contribution in [0.2, 0.25) is 0 Å². The summed E-state index contributed by atoms with van der Waals surface area (Å²) in [4.78, 5) is 2.65. The van der Waals surface area contributed by atoms with E-state index in [0.717, 1.165) is 5.92 Å². The molecule has 1 aliphatic heterocycles. The Balaban J connectivity index is 1.60. The van der Waals surface area contributed by atoms with Crippen molar-refractivity contribution in [2.45, 2.75) is 31.6 Å². The van der Waals surface area contributed by atoms with Crippen molar-refractivity contribution >= 4 is 0 Å². The topological polar surface area (TPSA) is 31.9 Å². The lowest BCUT2D eigenvalue weighted by Crippen LogP contribution is -2.35. The fourth-order valence-electron chi connectivity index (χ4n) is 2.63. The summed E-state index contributed by atoms with van der Waals surface area (Å²) in [7, 11) is 0. The molecule has 1 aliphatic carbocycles. The molecule has 2 aliphatic rings. The Kier molecular flexibility index (Phi) is 2.49. The van der Waals surface area contributed by atoms with Crippen molar-refractivity contribution in [1.82, 2.24) is 15.1 Å². The van der Waals surface area contributed by atoms with Crippen molar-refractivity contribution in [3.8, 4) is 0 Å². The normalized spacial score (nSPS) is 28.1. The minimum absolute atomic E-state index is 0.694. The standard InChI is InChI=1S/C12H19N3/c1-2-11(12-5-6-13-14-12)9-15(7-1)8-10-3-4-10/h5-6,10-11H,1-4,7-9H2,(H,13,14)/t11-/m1/s1. The maximum Gasteiger partial charge on any atom is 0.0490 e. The van der Waals surface area contributed by atoms with E-state index in [1.807, 2.05) is 6.20 Å². The number of hydrogen-bond donors (Lipinski definition) is 1. The average Bonchev–Trinajstić information content (AvgIpc) is 2.91. The predicted octanol–water partition coefficient (Wildman–Crippen LogP) is 2.00. The van der Waals surface area contributed by atoms with E-state index in [1.165, 1.54) is 51.0 Å². The lowest BCUT2D eigenvalue weighted by atomic mass is 9.95. The summed E-state index contributed by atoms with van der Waals surface area (Å²) in [6, 6.07) is 2.13. The molecule has 0 aromatic carbocycles. The van der Waals surface area contributed by atoms with Gasteiger partial charge in [-0.25, -0.2) is 0 Å². The third-order valence-electron chi connectivity index (χ3n) is 3.68. The molecule has 1 saturated carbocycles. The largest absolute Gasteiger partial charge is 0.302 e. The van der Waals surface area contributed by atoms with Gasteiger partial charge in [0.2, 0.25) is 0 Å². The van der Waals surface area contributed by atoms with Gasteiger partial charge in [0, 0.05) is 30.9 Å². The van der Waals surface area contributed by atoms with E-state index < -0.39 is 0 Å². The second-order valence-electron chi connectivity index (χ2n) is 5.05. The molecule has 1 aromatic heterocycles. The molecule has 0 bridgehead atoms. The van der Waals surface area contributed by atoms with E-state index in [-0.39, 0.29) is 0 Å². The number of nitrogens with zero attached hydrogens (tertiary/aromatic N) is 2. The third kappa shape index (κ3) is 2.23. The van der Waals surface area contributed by atoms with Gasteiger partial charge in [-0.15, -0.1) is 0 Å². The van der Waals surface area contributed by atoms with E-state index in [2.05, 4.69) is 21.2 Å². The highest BCUT2D eigenvalue weighted by Gasteiger charge is 2.28. The first-order valence-corrected chi connectivity index (χ1v) is 6.13. The van der Waals surface area contributed by atoms with Gasteiger partial charge in [0.25, 0.3) is 0 Å². The molecule has 15 heavy (non-hydrogen) atoms. The SMILES string of the molecule is c1cc([C@@H]2CCCN(CC3CC3)C2)[nH]n1. The van der Waals surface area contributed by atoms with Crippen LogP contribution in [0.1, 0.15) is 37.3 Å². The second-order valence-corrected chi connectivity index (χ2v) is 5.05. The highest BCUT2D eigenvalue weighted by molar-refractivity contribution is 5.07. The number of rotatable bonds is 3. The molecule has 1 N–H and O–H groups in total. The Bertz CT molecular complexity index is 303. The molecule has 1 aromatic rings. The zero-order valence-corrected chi connectivity index (χ0v) is 9.15. The zero-order valence-electron chi connectivity index (χ0n) is 9.15. The number of hydrogen-bond acceptors (Lipinski definition) is 2. The zero-order chi connectivity index (χ0) is 10.1. The van der Waals surface area contributed by atoms with Crippen molar-refractivity contribution in [3.63, 3.8) is 0 Å². The summed E-state index contributed by atoms with van der Waals surface area (Å²) in [6.07, 6.45) is 7.46. The van der Waals surface area contributed by atoms with Gasteiger partial charge in [-0.2, -0.15) is 5.10 Å². The molecule has 82 valence electrons. The summed E-state index contributed by atoms with van der Waals surface area (Å²) >= 11 is 0. The second kappa shape index (κ2) is 3.97. The van der Waals surface area contributed by atoms with Crippen LogP contribution in [0.5, 0.6) is 0 Å². The Morgan fingerprint density at radius 3 is 3.07 bits per heavy atom. The van der Waals surface area contributed by atoms with E-state index in [9.17, 15) is 0 Å². The summed E-state index contributed by atoms with van der Waals surface area (Å²) < 4.78 is 0. The average molecular weight is 205 g/mol. The molecule has 0 radical (unpaired) electrons. The van der Waals surface area contributed by atoms with Crippen molar-refractivity contribution in [1.29, 1.82) is 0 Å². The Labute approximate surface area is 90.9 Å². The first-order chi connectivity index (χ1) is 7.42. The summed E-state index contributed by atoms with van der Waals surface area (Å²) in [5.41, 5.74) is 1.33. The highest BCUT2D eigenvalue weighted by atomic mass is 15.2. The van der Waals surface area contributed by atoms with Crippen LogP contribution in [0.3, 0.4) is 0 Å². The fourth-order valence-corrected chi connectivity index (χ4v) is 2.63. The van der Waals surface area contributed by atoms with Gasteiger partial charge in [-0.3, -0.25) is 5.10 Å². The molecular weight excluding hydrogens is 186 g/mol. The number of aromatic nitrogens is 2. The smallest absolute Gasteiger partial charge is 0.0490 e. The number of likely N-dealkylation sites (tertiary alicyclic amines) is 1. The number of piperidine rings is 1. The number of nitrogens with one attached hydrogen (secondary N) is 1. The minimum atomic E-state index is 0.694. The van der Waals surface area contributed by atoms with E-state index in [1.54, 1.807) is 0 Å². The van der Waals surface area contributed by atoms with Crippen LogP contribution in [0, 0.1) is 5.92 Å². The van der Waals surface area contributed by atoms with Gasteiger partial charge in [0.15, 0.2) is 0 Å². The lowest BCUT2D eigenvalue weighted by molar-refractivity contribution is 0.198. The number of H-pyrrole nitrogens is 1. The van der Waals surface area contributed by atoms with Crippen LogP contribution >= 0.6 is 0 Å². The summed E-state index contributed by atoms with van der Waals surface area (Å²) in [5.74, 6) is 1.71. The number of aromatic amines is 1. The van der Waals surface area contributed by atoms with Gasteiger partial charge in [-0.1, -0.05) is 0 Å². The molecule has 2 fully saturated rings. The lowest BCUT2D eigenvalue weighted by Gasteiger charge is -2.32. The molecule has 3 rings (SSSR count). The van der Waals surface area contributed by atoms with Crippen LogP contribution < -0.4 is 0 Å². The van der Waals surface area contributed by atoms with Crippen molar-refractivity contribution in [2.75, 3.05) is 19.6 Å². The van der Waals surface area contributed by atoms with Gasteiger partial charge < -0.3 is 4.90 Å². The van der Waals surface area contributed by atoms with Crippen LogP contribution in [-0.2, 0) is 0 Å². The van der Waals surface area contributed by atoms with Crippen LogP contribution in [0.25, 0.3) is 0 Å². The molecular formula is C12H19N3. The van der Waals surface area contributed by atoms with Crippen molar-refractivity contribution in [2.24, 2.45) is 5.92 Å². The Morgan fingerprint density at radius 2 is 2.33 bits per heavy atom. The quantitative estimate of drug-likeness (QED) is 0.818. The van der Waals surface area contributed by atoms with E-state index in [4.69, 9.17) is 0 Å².